The van der Waals surface area contributed by atoms with Crippen LogP contribution in [-0.2, 0) is 9.59 Å². The molecule has 0 aliphatic carbocycles. The van der Waals surface area contributed by atoms with Crippen LogP contribution in [0.3, 0.4) is 0 Å². The number of hydrogen-bond acceptors (Lipinski definition) is 4. The fourth-order valence-corrected chi connectivity index (χ4v) is 2.26. The van der Waals surface area contributed by atoms with Crippen molar-refractivity contribution in [2.45, 2.75) is 0 Å². The molecular formula is C10H8AsNO4. The van der Waals surface area contributed by atoms with Crippen LogP contribution in [0.4, 0.5) is 5.69 Å². The molecule has 1 heterocycles. The van der Waals surface area contributed by atoms with E-state index in [1.807, 2.05) is 0 Å². The van der Waals surface area contributed by atoms with Gasteiger partial charge in [0.2, 0.25) is 0 Å². The maximum atomic E-state index is 11.3. The van der Waals surface area contributed by atoms with Gasteiger partial charge in [-0.3, -0.25) is 0 Å². The molecule has 1 aromatic rings. The molecule has 0 spiro atoms. The predicted molar refractivity (Wildman–Crippen MR) is 57.9 cm³/mol. The number of carbonyl (C=O) groups excluding carboxylic acids is 2. The van der Waals surface area contributed by atoms with Gasteiger partial charge in [0.05, 0.1) is 0 Å². The zero-order valence-corrected chi connectivity index (χ0v) is 9.95. The maximum absolute atomic E-state index is 11.3. The molecule has 0 aromatic heterocycles. The Morgan fingerprint density at radius 1 is 0.938 bits per heavy atom. The van der Waals surface area contributed by atoms with Crippen LogP contribution in [0.2, 0.25) is 0 Å². The summed E-state index contributed by atoms with van der Waals surface area (Å²) in [6.07, 6.45) is 2.40. The fraction of sp³-hybridized carbons (Fsp3) is 0. The molecule has 6 heteroatoms. The Bertz CT molecular complexity index is 448. The second kappa shape index (κ2) is 4.21. The topological polar surface area (TPSA) is 77.8 Å². The zero-order chi connectivity index (χ0) is 11.7. The first-order chi connectivity index (χ1) is 7.59. The van der Waals surface area contributed by atoms with Crippen molar-refractivity contribution in [2.24, 2.45) is 0 Å². The molecule has 0 unspecified atom stereocenters. The van der Waals surface area contributed by atoms with Gasteiger partial charge >= 0.3 is 96.3 Å². The van der Waals surface area contributed by atoms with E-state index in [-0.39, 0.29) is 11.8 Å². The summed E-state index contributed by atoms with van der Waals surface area (Å²) in [7, 11) is 0. The van der Waals surface area contributed by atoms with E-state index in [4.69, 9.17) is 8.19 Å². The van der Waals surface area contributed by atoms with Gasteiger partial charge in [-0.25, -0.2) is 0 Å². The minimum atomic E-state index is -2.88. The van der Waals surface area contributed by atoms with Crippen LogP contribution in [0.25, 0.3) is 0 Å². The second-order valence-electron chi connectivity index (χ2n) is 3.15. The Morgan fingerprint density at radius 3 is 1.88 bits per heavy atom. The number of carbonyl (C=O) groups is 2. The van der Waals surface area contributed by atoms with E-state index in [9.17, 15) is 9.59 Å². The first-order valence-electron chi connectivity index (χ1n) is 4.43. The van der Waals surface area contributed by atoms with Crippen molar-refractivity contribution in [3.8, 4) is 0 Å². The Balaban J connectivity index is 2.29. The molecule has 0 radical (unpaired) electrons. The summed E-state index contributed by atoms with van der Waals surface area (Å²) >= 11 is -2.88. The molecule has 0 fully saturated rings. The van der Waals surface area contributed by atoms with Crippen molar-refractivity contribution < 1.29 is 17.8 Å². The SMILES string of the molecule is O=C1C=CC(=O)N1c1ccc([As](O)O)cc1. The molecule has 2 rings (SSSR count). The molecule has 2 amide bonds. The summed E-state index contributed by atoms with van der Waals surface area (Å²) in [5, 5.41) is 0. The Kier molecular flexibility index (Phi) is 2.92. The molecule has 5 nitrogen and oxygen atoms in total. The van der Waals surface area contributed by atoms with Crippen molar-refractivity contribution in [3.05, 3.63) is 36.4 Å². The number of nitrogens with zero attached hydrogens (tertiary/aromatic N) is 1. The molecule has 0 saturated heterocycles. The number of imide groups is 1. The molecule has 1 aliphatic rings. The molecule has 2 N–H and O–H groups in total. The number of benzene rings is 1. The quantitative estimate of drug-likeness (QED) is 0.527. The van der Waals surface area contributed by atoms with Gasteiger partial charge in [-0.1, -0.05) is 0 Å². The molecule has 0 saturated carbocycles. The van der Waals surface area contributed by atoms with Crippen LogP contribution >= 0.6 is 0 Å². The first-order valence-corrected chi connectivity index (χ1v) is 7.05. The number of anilines is 1. The van der Waals surface area contributed by atoms with Gasteiger partial charge in [0, 0.05) is 0 Å². The summed E-state index contributed by atoms with van der Waals surface area (Å²) in [6, 6.07) is 6.06. The third-order valence-electron chi connectivity index (χ3n) is 2.15. The first kappa shape index (κ1) is 11.1. The van der Waals surface area contributed by atoms with E-state index in [1.165, 1.54) is 36.4 Å². The van der Waals surface area contributed by atoms with Crippen LogP contribution in [0.5, 0.6) is 0 Å². The average Bonchev–Trinajstić information content (AvgIpc) is 2.59. The van der Waals surface area contributed by atoms with Crippen molar-refractivity contribution in [1.29, 1.82) is 0 Å². The van der Waals surface area contributed by atoms with E-state index in [0.29, 0.717) is 10.0 Å². The van der Waals surface area contributed by atoms with Crippen molar-refractivity contribution in [1.82, 2.24) is 0 Å². The van der Waals surface area contributed by atoms with Crippen LogP contribution in [0.1, 0.15) is 0 Å². The number of amides is 2. The predicted octanol–water partition coefficient (Wildman–Crippen LogP) is -1.20. The summed E-state index contributed by atoms with van der Waals surface area (Å²) in [4.78, 5) is 23.7. The molecular weight excluding hydrogens is 273 g/mol. The monoisotopic (exact) mass is 281 g/mol. The minimum absolute atomic E-state index is 0.389. The van der Waals surface area contributed by atoms with E-state index in [0.717, 1.165) is 4.90 Å². The third kappa shape index (κ3) is 1.93. The van der Waals surface area contributed by atoms with Crippen LogP contribution in [-0.4, -0.2) is 35.3 Å². The Labute approximate surface area is 96.6 Å². The van der Waals surface area contributed by atoms with Crippen molar-refractivity contribution in [3.63, 3.8) is 0 Å². The van der Waals surface area contributed by atoms with Gasteiger partial charge in [0.1, 0.15) is 0 Å². The van der Waals surface area contributed by atoms with Gasteiger partial charge in [0.15, 0.2) is 0 Å². The van der Waals surface area contributed by atoms with Gasteiger partial charge in [-0.2, -0.15) is 0 Å². The molecule has 1 aliphatic heterocycles. The molecule has 0 atom stereocenters. The molecule has 82 valence electrons. The van der Waals surface area contributed by atoms with E-state index in [1.54, 1.807) is 0 Å². The summed E-state index contributed by atoms with van der Waals surface area (Å²) < 4.78 is 18.5. The van der Waals surface area contributed by atoms with Crippen molar-refractivity contribution in [2.75, 3.05) is 4.90 Å². The summed E-state index contributed by atoms with van der Waals surface area (Å²) in [5.41, 5.74) is 0.430. The van der Waals surface area contributed by atoms with Crippen molar-refractivity contribution >= 4 is 37.2 Å². The van der Waals surface area contributed by atoms with Gasteiger partial charge in [0.25, 0.3) is 0 Å². The van der Waals surface area contributed by atoms with Gasteiger partial charge in [-0.15, -0.1) is 0 Å². The van der Waals surface area contributed by atoms with E-state index < -0.39 is 15.3 Å². The second-order valence-corrected chi connectivity index (χ2v) is 5.45. The van der Waals surface area contributed by atoms with Crippen LogP contribution in [0, 0.1) is 0 Å². The van der Waals surface area contributed by atoms with Gasteiger partial charge < -0.3 is 0 Å². The summed E-state index contributed by atoms with van der Waals surface area (Å²) in [6.45, 7) is 0. The zero-order valence-electron chi connectivity index (χ0n) is 8.07. The molecule has 0 bridgehead atoms. The number of hydrogen-bond donors (Lipinski definition) is 2. The Hall–Kier alpha value is -1.42. The van der Waals surface area contributed by atoms with E-state index in [2.05, 4.69) is 0 Å². The Morgan fingerprint density at radius 2 is 1.44 bits per heavy atom. The normalized spacial score (nSPS) is 15.3. The molecule has 1 aromatic carbocycles. The summed E-state index contributed by atoms with van der Waals surface area (Å²) in [5.74, 6) is -0.777. The number of rotatable bonds is 2. The fourth-order valence-electron chi connectivity index (χ4n) is 1.39. The van der Waals surface area contributed by atoms with Crippen LogP contribution < -0.4 is 9.25 Å². The van der Waals surface area contributed by atoms with E-state index >= 15 is 0 Å². The van der Waals surface area contributed by atoms with Gasteiger partial charge in [-0.05, 0) is 0 Å². The standard InChI is InChI=1S/C10H8AsNO4/c13-9-5-6-10(14)12(9)8-3-1-7(2-4-8)11(15)16/h1-6,15-16H. The molecule has 16 heavy (non-hydrogen) atoms. The average molecular weight is 281 g/mol. The van der Waals surface area contributed by atoms with Crippen LogP contribution in [0.15, 0.2) is 36.4 Å². The third-order valence-corrected chi connectivity index (χ3v) is 3.74.